The average molecular weight is 331 g/mol. The van der Waals surface area contributed by atoms with E-state index in [1.807, 2.05) is 13.0 Å². The molecular weight excluding hydrogens is 302 g/mol. The number of hydrogen-bond donors (Lipinski definition) is 3. The van der Waals surface area contributed by atoms with Crippen LogP contribution in [0.15, 0.2) is 35.3 Å². The molecule has 1 amide bonds. The van der Waals surface area contributed by atoms with Gasteiger partial charge >= 0.3 is 0 Å². The van der Waals surface area contributed by atoms with Crippen LogP contribution in [0.3, 0.4) is 0 Å². The predicted molar refractivity (Wildman–Crippen MR) is 99.5 cm³/mol. The lowest BCUT2D eigenvalue weighted by molar-refractivity contribution is -0.120. The van der Waals surface area contributed by atoms with E-state index in [9.17, 15) is 4.79 Å². The molecule has 1 fully saturated rings. The van der Waals surface area contributed by atoms with Crippen LogP contribution >= 0.6 is 0 Å². The van der Waals surface area contributed by atoms with Gasteiger partial charge in [0.1, 0.15) is 0 Å². The summed E-state index contributed by atoms with van der Waals surface area (Å²) in [5.41, 5.74) is 1.26. The number of carbonyl (C=O) groups excluding carboxylic acids is 1. The summed E-state index contributed by atoms with van der Waals surface area (Å²) in [6, 6.07) is 10.8. The number of anilines is 1. The van der Waals surface area contributed by atoms with Gasteiger partial charge in [0, 0.05) is 51.4 Å². The van der Waals surface area contributed by atoms with E-state index in [1.165, 1.54) is 5.69 Å². The first-order valence-electron chi connectivity index (χ1n) is 8.76. The molecule has 132 valence electrons. The molecule has 1 atom stereocenters. The number of para-hydroxylation sites is 1. The highest BCUT2D eigenvalue weighted by Gasteiger charge is 2.23. The van der Waals surface area contributed by atoms with Crippen LogP contribution in [-0.4, -0.2) is 51.1 Å². The first kappa shape index (κ1) is 18.1. The van der Waals surface area contributed by atoms with E-state index in [1.54, 1.807) is 7.05 Å². The van der Waals surface area contributed by atoms with Crippen LogP contribution in [0, 0.1) is 0 Å². The molecule has 0 radical (unpaired) electrons. The third-order valence-corrected chi connectivity index (χ3v) is 4.09. The van der Waals surface area contributed by atoms with Gasteiger partial charge in [-0.2, -0.15) is 0 Å². The summed E-state index contributed by atoms with van der Waals surface area (Å²) in [4.78, 5) is 18.2. The van der Waals surface area contributed by atoms with Gasteiger partial charge in [-0.1, -0.05) is 25.1 Å². The van der Waals surface area contributed by atoms with Gasteiger partial charge < -0.3 is 20.9 Å². The Morgan fingerprint density at radius 2 is 2.04 bits per heavy atom. The van der Waals surface area contributed by atoms with Crippen molar-refractivity contribution in [2.75, 3.05) is 38.1 Å². The lowest BCUT2D eigenvalue weighted by Crippen LogP contribution is -2.45. The minimum atomic E-state index is 0.0796. The van der Waals surface area contributed by atoms with Gasteiger partial charge in [-0.05, 0) is 25.0 Å². The number of aliphatic imine (C=N–C) groups is 1. The maximum atomic E-state index is 11.6. The zero-order valence-electron chi connectivity index (χ0n) is 14.7. The van der Waals surface area contributed by atoms with Crippen molar-refractivity contribution in [3.63, 3.8) is 0 Å². The molecule has 0 bridgehead atoms. The van der Waals surface area contributed by atoms with Gasteiger partial charge in [0.2, 0.25) is 5.91 Å². The van der Waals surface area contributed by atoms with Gasteiger partial charge in [-0.15, -0.1) is 0 Å². The van der Waals surface area contributed by atoms with E-state index in [2.05, 4.69) is 50.1 Å². The summed E-state index contributed by atoms with van der Waals surface area (Å²) >= 11 is 0. The number of amides is 1. The molecule has 1 heterocycles. The van der Waals surface area contributed by atoms with Crippen LogP contribution in [0.1, 0.15) is 26.2 Å². The number of hydrogen-bond acceptors (Lipinski definition) is 3. The summed E-state index contributed by atoms with van der Waals surface area (Å²) in [5.74, 6) is 0.842. The van der Waals surface area contributed by atoms with Crippen LogP contribution in [0.4, 0.5) is 5.69 Å². The topological polar surface area (TPSA) is 68.8 Å². The Balaban J connectivity index is 1.71. The molecule has 1 aliphatic rings. The Hall–Kier alpha value is -2.24. The van der Waals surface area contributed by atoms with Crippen molar-refractivity contribution in [3.8, 4) is 0 Å². The molecule has 3 N–H and O–H groups in total. The van der Waals surface area contributed by atoms with E-state index >= 15 is 0 Å². The lowest BCUT2D eigenvalue weighted by atomic mass is 10.2. The SMILES string of the molecule is CCCNC(=O)CCNC(=NC)NC1CCN(c2ccccc2)C1. The van der Waals surface area contributed by atoms with Crippen molar-refractivity contribution in [2.24, 2.45) is 4.99 Å². The third-order valence-electron chi connectivity index (χ3n) is 4.09. The highest BCUT2D eigenvalue weighted by molar-refractivity contribution is 5.81. The average Bonchev–Trinajstić information content (AvgIpc) is 3.08. The number of carbonyl (C=O) groups is 1. The largest absolute Gasteiger partial charge is 0.369 e. The Morgan fingerprint density at radius 1 is 1.25 bits per heavy atom. The zero-order valence-corrected chi connectivity index (χ0v) is 14.7. The molecule has 24 heavy (non-hydrogen) atoms. The Bertz CT molecular complexity index is 531. The fourth-order valence-electron chi connectivity index (χ4n) is 2.79. The van der Waals surface area contributed by atoms with Crippen molar-refractivity contribution in [1.82, 2.24) is 16.0 Å². The third kappa shape index (κ3) is 5.76. The molecule has 1 aliphatic heterocycles. The number of rotatable bonds is 7. The molecule has 0 saturated carbocycles. The molecule has 0 spiro atoms. The Labute approximate surface area is 144 Å². The van der Waals surface area contributed by atoms with Crippen molar-refractivity contribution in [1.29, 1.82) is 0 Å². The number of nitrogens with one attached hydrogen (secondary N) is 3. The summed E-state index contributed by atoms with van der Waals surface area (Å²) in [6.45, 7) is 5.37. The number of guanidine groups is 1. The molecule has 2 rings (SSSR count). The van der Waals surface area contributed by atoms with E-state index in [-0.39, 0.29) is 5.91 Å². The zero-order chi connectivity index (χ0) is 17.2. The van der Waals surface area contributed by atoms with E-state index in [4.69, 9.17) is 0 Å². The van der Waals surface area contributed by atoms with Crippen molar-refractivity contribution < 1.29 is 4.79 Å². The van der Waals surface area contributed by atoms with Crippen molar-refractivity contribution >= 4 is 17.6 Å². The van der Waals surface area contributed by atoms with Crippen LogP contribution < -0.4 is 20.9 Å². The monoisotopic (exact) mass is 331 g/mol. The summed E-state index contributed by atoms with van der Waals surface area (Å²) in [7, 11) is 1.76. The second kappa shape index (κ2) is 9.80. The van der Waals surface area contributed by atoms with Crippen LogP contribution in [0.2, 0.25) is 0 Å². The summed E-state index contributed by atoms with van der Waals surface area (Å²) in [5, 5.41) is 9.54. The minimum Gasteiger partial charge on any atom is -0.369 e. The summed E-state index contributed by atoms with van der Waals surface area (Å²) < 4.78 is 0. The predicted octanol–water partition coefficient (Wildman–Crippen LogP) is 1.35. The molecule has 6 heteroatoms. The van der Waals surface area contributed by atoms with Gasteiger partial charge in [0.05, 0.1) is 0 Å². The second-order valence-electron chi connectivity index (χ2n) is 6.01. The van der Waals surface area contributed by atoms with E-state index < -0.39 is 0 Å². The molecule has 6 nitrogen and oxygen atoms in total. The first-order chi connectivity index (χ1) is 11.7. The smallest absolute Gasteiger partial charge is 0.221 e. The second-order valence-corrected chi connectivity index (χ2v) is 6.01. The maximum absolute atomic E-state index is 11.6. The Kier molecular flexibility index (Phi) is 7.39. The normalized spacial score (nSPS) is 17.7. The molecule has 1 aromatic rings. The van der Waals surface area contributed by atoms with Crippen LogP contribution in [0.5, 0.6) is 0 Å². The van der Waals surface area contributed by atoms with Crippen molar-refractivity contribution in [2.45, 2.75) is 32.2 Å². The Morgan fingerprint density at radius 3 is 2.75 bits per heavy atom. The molecule has 0 aliphatic carbocycles. The van der Waals surface area contributed by atoms with Crippen LogP contribution in [0.25, 0.3) is 0 Å². The van der Waals surface area contributed by atoms with Crippen LogP contribution in [-0.2, 0) is 4.79 Å². The minimum absolute atomic E-state index is 0.0796. The summed E-state index contributed by atoms with van der Waals surface area (Å²) in [6.07, 6.45) is 2.50. The molecular formula is C18H29N5O. The van der Waals surface area contributed by atoms with Gasteiger partial charge in [0.15, 0.2) is 5.96 Å². The maximum Gasteiger partial charge on any atom is 0.221 e. The lowest BCUT2D eigenvalue weighted by Gasteiger charge is -2.20. The number of nitrogens with zero attached hydrogens (tertiary/aromatic N) is 2. The van der Waals surface area contributed by atoms with Gasteiger partial charge in [-0.3, -0.25) is 9.79 Å². The fraction of sp³-hybridized carbons (Fsp3) is 0.556. The number of benzene rings is 1. The van der Waals surface area contributed by atoms with E-state index in [0.717, 1.165) is 38.4 Å². The van der Waals surface area contributed by atoms with Gasteiger partial charge in [-0.25, -0.2) is 0 Å². The molecule has 0 aromatic heterocycles. The highest BCUT2D eigenvalue weighted by atomic mass is 16.1. The molecule has 1 unspecified atom stereocenters. The van der Waals surface area contributed by atoms with Crippen molar-refractivity contribution in [3.05, 3.63) is 30.3 Å². The van der Waals surface area contributed by atoms with Gasteiger partial charge in [0.25, 0.3) is 0 Å². The standard InChI is InChI=1S/C18H29N5O/c1-3-11-20-17(24)9-12-21-18(19-2)22-15-10-13-23(14-15)16-7-5-4-6-8-16/h4-8,15H,3,9-14H2,1-2H3,(H,20,24)(H2,19,21,22). The molecule has 1 saturated heterocycles. The quantitative estimate of drug-likeness (QED) is 0.521. The van der Waals surface area contributed by atoms with E-state index in [0.29, 0.717) is 19.0 Å². The highest BCUT2D eigenvalue weighted by Crippen LogP contribution is 2.19. The first-order valence-corrected chi connectivity index (χ1v) is 8.76. The fourth-order valence-corrected chi connectivity index (χ4v) is 2.79. The molecule has 1 aromatic carbocycles.